The average Bonchev–Trinajstić information content (AvgIpc) is 2.95. The van der Waals surface area contributed by atoms with E-state index in [2.05, 4.69) is 0 Å². The Morgan fingerprint density at radius 3 is 2.37 bits per heavy atom. The van der Waals surface area contributed by atoms with Gasteiger partial charge in [0.05, 0.1) is 12.2 Å². The van der Waals surface area contributed by atoms with Crippen LogP contribution < -0.4 is 4.74 Å². The van der Waals surface area contributed by atoms with E-state index in [0.717, 1.165) is 65.5 Å². The molecule has 3 aliphatic rings. The van der Waals surface area contributed by atoms with Crippen molar-refractivity contribution in [2.24, 2.45) is 5.92 Å². The lowest BCUT2D eigenvalue weighted by molar-refractivity contribution is -0.160. The second-order valence-electron chi connectivity index (χ2n) is 13.1. The van der Waals surface area contributed by atoms with Crippen molar-refractivity contribution in [3.63, 3.8) is 0 Å². The summed E-state index contributed by atoms with van der Waals surface area (Å²) in [4.78, 5) is 28.4. The second kappa shape index (κ2) is 11.4. The summed E-state index contributed by atoms with van der Waals surface area (Å²) in [5, 5.41) is 10.5. The lowest BCUT2D eigenvalue weighted by Crippen LogP contribution is -2.41. The zero-order chi connectivity index (χ0) is 29.6. The lowest BCUT2D eigenvalue weighted by atomic mass is 9.78. The van der Waals surface area contributed by atoms with Crippen molar-refractivity contribution in [1.82, 2.24) is 4.90 Å². The number of ether oxygens (including phenoxy) is 2. The number of carboxylic acids is 1. The first-order chi connectivity index (χ1) is 19.4. The van der Waals surface area contributed by atoms with Gasteiger partial charge in [-0.2, -0.15) is 0 Å². The minimum absolute atomic E-state index is 0.0824. The first-order valence-corrected chi connectivity index (χ1v) is 15.2. The third kappa shape index (κ3) is 5.62. The Morgan fingerprint density at radius 2 is 1.71 bits per heavy atom. The molecular weight excluding hydrogens is 521 g/mol. The molecule has 0 unspecified atom stereocenters. The van der Waals surface area contributed by atoms with Crippen molar-refractivity contribution in [3.8, 4) is 16.9 Å². The first-order valence-electron chi connectivity index (χ1n) is 15.2. The minimum Gasteiger partial charge on any atom is -0.490 e. The molecule has 1 aliphatic carbocycles. The molecule has 0 radical (unpaired) electrons. The summed E-state index contributed by atoms with van der Waals surface area (Å²) >= 11 is 0. The standard InChI is InChI=1S/C34H44FNO5/c1-19-24-13-10-16-40-30(24)27(35)17-25(19)28-21(3)26-18-36(32(37)22-11-8-7-9-12-22)15-14-23(26)20(2)29(28)31(33(38)39)41-34(4,5)6/h17,22,31H,7-16,18H2,1-6H3,(H,38,39)/t31-/m0/s1. The van der Waals surface area contributed by atoms with Crippen molar-refractivity contribution in [2.75, 3.05) is 13.2 Å². The normalized spacial score (nSPS) is 18.4. The molecule has 7 heteroatoms. The number of rotatable bonds is 5. The maximum atomic E-state index is 15.6. The molecule has 0 spiro atoms. The van der Waals surface area contributed by atoms with Crippen LogP contribution in [0, 0.1) is 32.5 Å². The number of hydrogen-bond donors (Lipinski definition) is 1. The van der Waals surface area contributed by atoms with Crippen LogP contribution in [0.1, 0.15) is 104 Å². The smallest absolute Gasteiger partial charge is 0.337 e. The molecule has 0 saturated heterocycles. The predicted octanol–water partition coefficient (Wildman–Crippen LogP) is 7.15. The van der Waals surface area contributed by atoms with Crippen LogP contribution in [-0.4, -0.2) is 40.6 Å². The van der Waals surface area contributed by atoms with Gasteiger partial charge in [0.1, 0.15) is 0 Å². The minimum atomic E-state index is -1.23. The highest BCUT2D eigenvalue weighted by molar-refractivity contribution is 5.86. The Bertz CT molecular complexity index is 1370. The van der Waals surface area contributed by atoms with Gasteiger partial charge >= 0.3 is 5.97 Å². The van der Waals surface area contributed by atoms with Crippen LogP contribution in [0.15, 0.2) is 6.07 Å². The molecule has 222 valence electrons. The highest BCUT2D eigenvalue weighted by Gasteiger charge is 2.37. The summed E-state index contributed by atoms with van der Waals surface area (Å²) in [6.45, 7) is 13.0. The summed E-state index contributed by atoms with van der Waals surface area (Å²) in [7, 11) is 0. The molecule has 1 atom stereocenters. The monoisotopic (exact) mass is 565 g/mol. The molecule has 2 heterocycles. The number of carbonyl (C=O) groups excluding carboxylic acids is 1. The SMILES string of the molecule is Cc1c(-c2c(C)c3c(c(C)c2[C@H](OC(C)(C)C)C(=O)O)CCN(C(=O)C2CCCCC2)C3)cc(F)c2c1CCCO2. The van der Waals surface area contributed by atoms with E-state index in [1.807, 2.05) is 46.4 Å². The Morgan fingerprint density at radius 1 is 1.00 bits per heavy atom. The zero-order valence-corrected chi connectivity index (χ0v) is 25.4. The molecule has 41 heavy (non-hydrogen) atoms. The van der Waals surface area contributed by atoms with Gasteiger partial charge in [0.2, 0.25) is 5.91 Å². The molecule has 2 aliphatic heterocycles. The van der Waals surface area contributed by atoms with Crippen LogP contribution in [0.3, 0.4) is 0 Å². The Balaban J connectivity index is 1.71. The molecule has 1 N–H and O–H groups in total. The maximum absolute atomic E-state index is 15.6. The number of carboxylic acid groups (broad SMARTS) is 1. The van der Waals surface area contributed by atoms with Crippen LogP contribution >= 0.6 is 0 Å². The molecule has 0 bridgehead atoms. The summed E-state index contributed by atoms with van der Waals surface area (Å²) in [6, 6.07) is 1.50. The van der Waals surface area contributed by atoms with Gasteiger partial charge in [-0.15, -0.1) is 0 Å². The van der Waals surface area contributed by atoms with E-state index in [9.17, 15) is 14.7 Å². The van der Waals surface area contributed by atoms with E-state index in [4.69, 9.17) is 9.47 Å². The number of nitrogens with zero attached hydrogens (tertiary/aromatic N) is 1. The van der Waals surface area contributed by atoms with E-state index in [0.29, 0.717) is 55.0 Å². The van der Waals surface area contributed by atoms with Crippen LogP contribution in [0.25, 0.3) is 11.1 Å². The van der Waals surface area contributed by atoms with Gasteiger partial charge in [0, 0.05) is 30.1 Å². The predicted molar refractivity (Wildman–Crippen MR) is 157 cm³/mol. The molecule has 0 aromatic heterocycles. The molecule has 1 fully saturated rings. The number of carbonyl (C=O) groups is 2. The fourth-order valence-electron chi connectivity index (χ4n) is 7.20. The molecule has 5 rings (SSSR count). The van der Waals surface area contributed by atoms with Gasteiger partial charge in [-0.25, -0.2) is 9.18 Å². The van der Waals surface area contributed by atoms with Gasteiger partial charge in [-0.05, 0) is 119 Å². The molecule has 1 amide bonds. The number of hydrogen-bond acceptors (Lipinski definition) is 4. The molecule has 2 aromatic rings. The summed E-state index contributed by atoms with van der Waals surface area (Å²) in [6.07, 6.45) is 6.22. The lowest BCUT2D eigenvalue weighted by Gasteiger charge is -2.37. The number of amides is 1. The molecular formula is C34H44FNO5. The van der Waals surface area contributed by atoms with E-state index in [1.165, 1.54) is 12.5 Å². The Kier molecular flexibility index (Phi) is 8.21. The Labute approximate surface area is 243 Å². The Hall–Kier alpha value is -2.93. The van der Waals surface area contributed by atoms with E-state index >= 15 is 4.39 Å². The van der Waals surface area contributed by atoms with Gasteiger partial charge in [0.15, 0.2) is 17.7 Å². The van der Waals surface area contributed by atoms with Crippen LogP contribution in [0.4, 0.5) is 4.39 Å². The fraction of sp³-hybridized carbons (Fsp3) is 0.588. The largest absolute Gasteiger partial charge is 0.490 e. The summed E-state index contributed by atoms with van der Waals surface area (Å²) < 4.78 is 27.5. The third-order valence-corrected chi connectivity index (χ3v) is 9.23. The van der Waals surface area contributed by atoms with Gasteiger partial charge in [0.25, 0.3) is 0 Å². The summed E-state index contributed by atoms with van der Waals surface area (Å²) in [5.74, 6) is -0.896. The van der Waals surface area contributed by atoms with Crippen molar-refractivity contribution in [3.05, 3.63) is 50.8 Å². The van der Waals surface area contributed by atoms with Crippen molar-refractivity contribution in [2.45, 2.75) is 111 Å². The summed E-state index contributed by atoms with van der Waals surface area (Å²) in [5.41, 5.74) is 6.85. The first kappa shape index (κ1) is 29.6. The maximum Gasteiger partial charge on any atom is 0.337 e. The third-order valence-electron chi connectivity index (χ3n) is 9.23. The highest BCUT2D eigenvalue weighted by atomic mass is 19.1. The number of benzene rings is 2. The fourth-order valence-corrected chi connectivity index (χ4v) is 7.20. The zero-order valence-electron chi connectivity index (χ0n) is 25.4. The average molecular weight is 566 g/mol. The number of fused-ring (bicyclic) bond motifs is 2. The molecule has 1 saturated carbocycles. The van der Waals surface area contributed by atoms with Crippen LogP contribution in [-0.2, 0) is 33.7 Å². The van der Waals surface area contributed by atoms with E-state index in [1.54, 1.807) is 0 Å². The molecule has 2 aromatic carbocycles. The van der Waals surface area contributed by atoms with Gasteiger partial charge in [-0.3, -0.25) is 4.79 Å². The molecule has 6 nitrogen and oxygen atoms in total. The number of halogens is 1. The van der Waals surface area contributed by atoms with Crippen molar-refractivity contribution >= 4 is 11.9 Å². The van der Waals surface area contributed by atoms with Crippen molar-refractivity contribution in [1.29, 1.82) is 0 Å². The quantitative estimate of drug-likeness (QED) is 0.417. The highest BCUT2D eigenvalue weighted by Crippen LogP contribution is 2.46. The number of aliphatic carboxylic acids is 1. The van der Waals surface area contributed by atoms with Crippen LogP contribution in [0.2, 0.25) is 0 Å². The topological polar surface area (TPSA) is 76.1 Å². The second-order valence-corrected chi connectivity index (χ2v) is 13.1. The van der Waals surface area contributed by atoms with E-state index in [-0.39, 0.29) is 11.8 Å². The van der Waals surface area contributed by atoms with Crippen molar-refractivity contribution < 1.29 is 28.6 Å². The van der Waals surface area contributed by atoms with Crippen LogP contribution in [0.5, 0.6) is 5.75 Å². The van der Waals surface area contributed by atoms with Gasteiger partial charge < -0.3 is 19.5 Å². The van der Waals surface area contributed by atoms with E-state index < -0.39 is 23.5 Å². The van der Waals surface area contributed by atoms with Gasteiger partial charge in [-0.1, -0.05) is 19.3 Å².